The Morgan fingerprint density at radius 3 is 2.23 bits per heavy atom. The highest BCUT2D eigenvalue weighted by atomic mass is 16.6. The van der Waals surface area contributed by atoms with Gasteiger partial charge in [-0.3, -0.25) is 9.59 Å². The van der Waals surface area contributed by atoms with Crippen molar-refractivity contribution in [3.63, 3.8) is 0 Å². The lowest BCUT2D eigenvalue weighted by Crippen LogP contribution is -2.57. The molecule has 2 rings (SSSR count). The highest BCUT2D eigenvalue weighted by molar-refractivity contribution is 5.92. The van der Waals surface area contributed by atoms with Crippen LogP contribution in [-0.2, 0) is 14.3 Å². The zero-order valence-electron chi connectivity index (χ0n) is 21.5. The van der Waals surface area contributed by atoms with Crippen LogP contribution >= 0.6 is 0 Å². The van der Waals surface area contributed by atoms with Gasteiger partial charge in [0.2, 0.25) is 11.8 Å². The maximum absolute atomic E-state index is 13.7. The molecule has 9 nitrogen and oxygen atoms in total. The minimum atomic E-state index is -1.29. The second kappa shape index (κ2) is 12.8. The van der Waals surface area contributed by atoms with E-state index < -0.39 is 36.3 Å². The van der Waals surface area contributed by atoms with Gasteiger partial charge in [0.1, 0.15) is 23.4 Å². The summed E-state index contributed by atoms with van der Waals surface area (Å²) >= 11 is 0. The van der Waals surface area contributed by atoms with Crippen molar-refractivity contribution in [2.24, 2.45) is 0 Å². The van der Waals surface area contributed by atoms with Gasteiger partial charge in [-0.15, -0.1) is 0 Å². The molecule has 0 aromatic heterocycles. The number of rotatable bonds is 9. The van der Waals surface area contributed by atoms with E-state index in [9.17, 15) is 24.6 Å². The van der Waals surface area contributed by atoms with Crippen LogP contribution in [0.5, 0.6) is 5.75 Å². The fourth-order valence-corrected chi connectivity index (χ4v) is 4.23. The third-order valence-corrected chi connectivity index (χ3v) is 6.18. The molecule has 1 aromatic carbocycles. The van der Waals surface area contributed by atoms with Gasteiger partial charge in [0.05, 0.1) is 6.61 Å². The summed E-state index contributed by atoms with van der Waals surface area (Å²) in [5.41, 5.74) is -0.253. The second-order valence-corrected chi connectivity index (χ2v) is 10.2. The fourth-order valence-electron chi connectivity index (χ4n) is 4.23. The number of nitrogens with one attached hydrogen (secondary N) is 2. The van der Waals surface area contributed by atoms with Crippen LogP contribution in [-0.4, -0.2) is 63.4 Å². The Labute approximate surface area is 208 Å². The van der Waals surface area contributed by atoms with Crippen molar-refractivity contribution in [2.45, 2.75) is 103 Å². The molecule has 4 N–H and O–H groups in total. The fraction of sp³-hybridized carbons (Fsp3) is 0.654. The number of aliphatic hydroxyl groups is 1. The number of phenolic OH excluding ortho intramolecular Hbond substituents is 1. The standard InChI is InChI=1S/C26H41N3O6/c1-6-17(2)29(24(33)21(16-30)28-25(34)35-26(3,4)5)22(18-12-14-20(31)15-13-18)23(32)27-19-10-8-7-9-11-19/h12-15,17,19,21-22,30-31H,6-11,16H2,1-5H3,(H,27,32)(H,28,34). The van der Waals surface area contributed by atoms with Crippen LogP contribution in [0.25, 0.3) is 0 Å². The van der Waals surface area contributed by atoms with Crippen LogP contribution < -0.4 is 10.6 Å². The first-order valence-electron chi connectivity index (χ1n) is 12.5. The molecule has 196 valence electrons. The normalized spacial score (nSPS) is 17.1. The highest BCUT2D eigenvalue weighted by Gasteiger charge is 2.39. The first kappa shape index (κ1) is 28.4. The van der Waals surface area contributed by atoms with E-state index in [0.717, 1.165) is 32.1 Å². The number of aromatic hydroxyl groups is 1. The van der Waals surface area contributed by atoms with E-state index in [0.29, 0.717) is 12.0 Å². The number of aliphatic hydroxyl groups excluding tert-OH is 1. The van der Waals surface area contributed by atoms with Gasteiger partial charge in [-0.1, -0.05) is 38.3 Å². The Morgan fingerprint density at radius 1 is 1.11 bits per heavy atom. The van der Waals surface area contributed by atoms with E-state index in [1.165, 1.54) is 17.0 Å². The summed E-state index contributed by atoms with van der Waals surface area (Å²) in [6, 6.07) is 3.51. The monoisotopic (exact) mass is 491 g/mol. The maximum atomic E-state index is 13.7. The predicted molar refractivity (Wildman–Crippen MR) is 133 cm³/mol. The summed E-state index contributed by atoms with van der Waals surface area (Å²) in [6.45, 7) is 8.16. The maximum Gasteiger partial charge on any atom is 0.408 e. The van der Waals surface area contributed by atoms with Crippen molar-refractivity contribution in [1.82, 2.24) is 15.5 Å². The van der Waals surface area contributed by atoms with Crippen molar-refractivity contribution in [3.05, 3.63) is 29.8 Å². The molecule has 0 spiro atoms. The minimum Gasteiger partial charge on any atom is -0.508 e. The van der Waals surface area contributed by atoms with Crippen LogP contribution in [0.2, 0.25) is 0 Å². The molecule has 9 heteroatoms. The van der Waals surface area contributed by atoms with Crippen LogP contribution in [0.3, 0.4) is 0 Å². The lowest BCUT2D eigenvalue weighted by Gasteiger charge is -2.38. The number of amides is 3. The largest absolute Gasteiger partial charge is 0.508 e. The Morgan fingerprint density at radius 2 is 1.71 bits per heavy atom. The molecular formula is C26H41N3O6. The van der Waals surface area contributed by atoms with E-state index in [1.54, 1.807) is 32.9 Å². The molecular weight excluding hydrogens is 450 g/mol. The number of ether oxygens (including phenoxy) is 1. The molecule has 35 heavy (non-hydrogen) atoms. The highest BCUT2D eigenvalue weighted by Crippen LogP contribution is 2.28. The second-order valence-electron chi connectivity index (χ2n) is 10.2. The number of hydrogen-bond donors (Lipinski definition) is 4. The molecule has 3 atom stereocenters. The van der Waals surface area contributed by atoms with Crippen molar-refractivity contribution < 1.29 is 29.3 Å². The molecule has 0 heterocycles. The lowest BCUT2D eigenvalue weighted by atomic mass is 9.94. The van der Waals surface area contributed by atoms with E-state index >= 15 is 0 Å². The Kier molecular flexibility index (Phi) is 10.4. The molecule has 1 aromatic rings. The topological polar surface area (TPSA) is 128 Å². The number of benzene rings is 1. The predicted octanol–water partition coefficient (Wildman–Crippen LogP) is 3.39. The summed E-state index contributed by atoms with van der Waals surface area (Å²) in [6.07, 6.45) is 4.68. The van der Waals surface area contributed by atoms with Crippen molar-refractivity contribution in [3.8, 4) is 5.75 Å². The molecule has 0 bridgehead atoms. The Hall–Kier alpha value is -2.81. The molecule has 0 radical (unpaired) electrons. The van der Waals surface area contributed by atoms with Gasteiger partial charge in [0.15, 0.2) is 0 Å². The van der Waals surface area contributed by atoms with Gasteiger partial charge < -0.3 is 30.5 Å². The molecule has 1 aliphatic rings. The Balaban J connectivity index is 2.40. The van der Waals surface area contributed by atoms with E-state index in [2.05, 4.69) is 10.6 Å². The summed E-state index contributed by atoms with van der Waals surface area (Å²) in [7, 11) is 0. The number of carbonyl (C=O) groups is 3. The smallest absolute Gasteiger partial charge is 0.408 e. The van der Waals surface area contributed by atoms with Gasteiger partial charge in [-0.05, 0) is 64.7 Å². The molecule has 0 aliphatic heterocycles. The van der Waals surface area contributed by atoms with Crippen molar-refractivity contribution >= 4 is 17.9 Å². The summed E-state index contributed by atoms with van der Waals surface area (Å²) in [5.74, 6) is -0.879. The molecule has 3 unspecified atom stereocenters. The van der Waals surface area contributed by atoms with Crippen molar-refractivity contribution in [2.75, 3.05) is 6.61 Å². The molecule has 1 aliphatic carbocycles. The Bertz CT molecular complexity index is 846. The van der Waals surface area contributed by atoms with Crippen LogP contribution in [0.4, 0.5) is 4.79 Å². The number of hydrogen-bond acceptors (Lipinski definition) is 6. The van der Waals surface area contributed by atoms with Gasteiger partial charge in [-0.2, -0.15) is 0 Å². The quantitative estimate of drug-likeness (QED) is 0.419. The van der Waals surface area contributed by atoms with E-state index in [-0.39, 0.29) is 23.7 Å². The zero-order valence-corrected chi connectivity index (χ0v) is 21.5. The average Bonchev–Trinajstić information content (AvgIpc) is 2.80. The van der Waals surface area contributed by atoms with Crippen molar-refractivity contribution in [1.29, 1.82) is 0 Å². The van der Waals surface area contributed by atoms with E-state index in [4.69, 9.17) is 4.74 Å². The molecule has 0 saturated heterocycles. The van der Waals surface area contributed by atoms with E-state index in [1.807, 2.05) is 13.8 Å². The minimum absolute atomic E-state index is 0.0262. The number of phenols is 1. The number of nitrogens with zero attached hydrogens (tertiary/aromatic N) is 1. The summed E-state index contributed by atoms with van der Waals surface area (Å²) in [5, 5.41) is 25.3. The third-order valence-electron chi connectivity index (χ3n) is 6.18. The third kappa shape index (κ3) is 8.42. The summed E-state index contributed by atoms with van der Waals surface area (Å²) < 4.78 is 5.25. The molecule has 1 fully saturated rings. The number of carbonyl (C=O) groups excluding carboxylic acids is 3. The van der Waals surface area contributed by atoms with Crippen LogP contribution in [0, 0.1) is 0 Å². The SMILES string of the molecule is CCC(C)N(C(=O)C(CO)NC(=O)OC(C)(C)C)C(C(=O)NC1CCCCC1)c1ccc(O)cc1. The average molecular weight is 492 g/mol. The first-order valence-corrected chi connectivity index (χ1v) is 12.5. The molecule has 3 amide bonds. The zero-order chi connectivity index (χ0) is 26.2. The summed E-state index contributed by atoms with van der Waals surface area (Å²) in [4.78, 5) is 41.1. The van der Waals surface area contributed by atoms with Crippen LogP contribution in [0.15, 0.2) is 24.3 Å². The van der Waals surface area contributed by atoms with Gasteiger partial charge in [0, 0.05) is 12.1 Å². The lowest BCUT2D eigenvalue weighted by molar-refractivity contribution is -0.146. The van der Waals surface area contributed by atoms with Crippen LogP contribution in [0.1, 0.15) is 84.7 Å². The van der Waals surface area contributed by atoms with Gasteiger partial charge >= 0.3 is 6.09 Å². The number of alkyl carbamates (subject to hydrolysis) is 1. The molecule has 1 saturated carbocycles. The van der Waals surface area contributed by atoms with Gasteiger partial charge in [0.25, 0.3) is 0 Å². The van der Waals surface area contributed by atoms with Gasteiger partial charge in [-0.25, -0.2) is 4.79 Å². The first-order chi connectivity index (χ1) is 16.5.